The molecule has 0 saturated carbocycles. The summed E-state index contributed by atoms with van der Waals surface area (Å²) < 4.78 is 6.20. The van der Waals surface area contributed by atoms with Gasteiger partial charge in [-0.05, 0) is 65.6 Å². The molecular formula is C31H30Cl2N8O4. The maximum absolute atomic E-state index is 13.4. The van der Waals surface area contributed by atoms with Crippen LogP contribution in [-0.4, -0.2) is 73.3 Å². The average molecular weight is 650 g/mol. The Morgan fingerprint density at radius 3 is 2.51 bits per heavy atom. The minimum Gasteiger partial charge on any atom is -0.469 e. The third kappa shape index (κ3) is 8.28. The van der Waals surface area contributed by atoms with Gasteiger partial charge in [-0.2, -0.15) is 4.68 Å². The zero-order valence-corrected chi connectivity index (χ0v) is 25.9. The summed E-state index contributed by atoms with van der Waals surface area (Å²) in [6.07, 6.45) is 7.44. The number of methoxy groups -OCH3 is 1. The monoisotopic (exact) mass is 648 g/mol. The van der Waals surface area contributed by atoms with E-state index in [1.807, 2.05) is 17.0 Å². The Balaban J connectivity index is 1.41. The van der Waals surface area contributed by atoms with Gasteiger partial charge in [0.15, 0.2) is 5.15 Å². The minimum absolute atomic E-state index is 0.0183. The number of nitrogens with zero attached hydrogens (tertiary/aromatic N) is 7. The summed E-state index contributed by atoms with van der Waals surface area (Å²) in [5, 5.41) is 23.1. The topological polar surface area (TPSA) is 145 Å². The summed E-state index contributed by atoms with van der Waals surface area (Å²) in [4.78, 5) is 40.2. The molecule has 0 bridgehead atoms. The van der Waals surface area contributed by atoms with Crippen LogP contribution in [0.3, 0.4) is 0 Å². The Morgan fingerprint density at radius 2 is 1.80 bits per heavy atom. The highest BCUT2D eigenvalue weighted by Gasteiger charge is 2.26. The number of tetrazole rings is 1. The van der Waals surface area contributed by atoms with Gasteiger partial charge in [0.2, 0.25) is 11.8 Å². The Morgan fingerprint density at radius 1 is 1.02 bits per heavy atom. The molecule has 14 heteroatoms. The standard InChI is InChI=1S/C31H30Cl2N8O4/c1-45-30(44)15-20-5-7-21(8-6-20)25-17-24(31(33)37-36-25)26(18-29(43)40-13-3-2-4-14-40)35-28(42)12-9-22-16-23(32)10-11-27(22)41-19-34-38-39-41/h5-12,16-17,19,26H,2-4,13-15,18H2,1H3,(H,35,42)/b12-9+. The SMILES string of the molecule is COC(=O)Cc1ccc(-c2cc(C(CC(=O)N3CCCCC3)NC(=O)/C=C/c3cc(Cl)ccc3-n3cnnn3)c(Cl)nn2)cc1. The first kappa shape index (κ1) is 31.7. The van der Waals surface area contributed by atoms with E-state index in [9.17, 15) is 14.4 Å². The van der Waals surface area contributed by atoms with Crippen LogP contribution in [0, 0.1) is 0 Å². The van der Waals surface area contributed by atoms with Crippen molar-refractivity contribution in [1.29, 1.82) is 0 Å². The fourth-order valence-electron chi connectivity index (χ4n) is 5.02. The summed E-state index contributed by atoms with van der Waals surface area (Å²) >= 11 is 12.8. The molecule has 0 spiro atoms. The molecule has 2 amide bonds. The molecule has 45 heavy (non-hydrogen) atoms. The van der Waals surface area contributed by atoms with Crippen molar-refractivity contribution in [2.24, 2.45) is 0 Å². The van der Waals surface area contributed by atoms with Crippen LogP contribution in [0.5, 0.6) is 0 Å². The summed E-state index contributed by atoms with van der Waals surface area (Å²) in [6.45, 7) is 1.33. The van der Waals surface area contributed by atoms with Crippen molar-refractivity contribution in [3.05, 3.63) is 87.8 Å². The molecule has 3 heterocycles. The molecule has 0 aliphatic carbocycles. The minimum atomic E-state index is -0.796. The van der Waals surface area contributed by atoms with Gasteiger partial charge in [0, 0.05) is 40.9 Å². The second kappa shape index (κ2) is 14.9. The number of aromatic nitrogens is 6. The maximum atomic E-state index is 13.4. The van der Waals surface area contributed by atoms with Gasteiger partial charge in [0.25, 0.3) is 0 Å². The number of likely N-dealkylation sites (tertiary alicyclic amines) is 1. The number of piperidine rings is 1. The van der Waals surface area contributed by atoms with Crippen molar-refractivity contribution in [3.8, 4) is 16.9 Å². The molecule has 5 rings (SSSR count). The predicted molar refractivity (Wildman–Crippen MR) is 167 cm³/mol. The maximum Gasteiger partial charge on any atom is 0.309 e. The van der Waals surface area contributed by atoms with Crippen LogP contribution in [0.25, 0.3) is 23.0 Å². The van der Waals surface area contributed by atoms with Crippen LogP contribution < -0.4 is 5.32 Å². The van der Waals surface area contributed by atoms with Gasteiger partial charge in [0.1, 0.15) is 6.33 Å². The van der Waals surface area contributed by atoms with Crippen molar-refractivity contribution in [1.82, 2.24) is 40.6 Å². The van der Waals surface area contributed by atoms with Gasteiger partial charge in [-0.1, -0.05) is 47.5 Å². The molecule has 4 aromatic rings. The predicted octanol–water partition coefficient (Wildman–Crippen LogP) is 4.41. The van der Waals surface area contributed by atoms with E-state index in [-0.39, 0.29) is 29.9 Å². The van der Waals surface area contributed by atoms with E-state index in [0.29, 0.717) is 40.6 Å². The van der Waals surface area contributed by atoms with Gasteiger partial charge in [-0.15, -0.1) is 15.3 Å². The molecule has 12 nitrogen and oxygen atoms in total. The first-order chi connectivity index (χ1) is 21.8. The summed E-state index contributed by atoms with van der Waals surface area (Å²) in [7, 11) is 1.34. The van der Waals surface area contributed by atoms with Gasteiger partial charge >= 0.3 is 5.97 Å². The van der Waals surface area contributed by atoms with Crippen molar-refractivity contribution < 1.29 is 19.1 Å². The normalized spacial score (nSPS) is 13.9. The number of ether oxygens (including phenoxy) is 1. The van der Waals surface area contributed by atoms with Crippen molar-refractivity contribution >= 4 is 47.1 Å². The van der Waals surface area contributed by atoms with E-state index in [0.717, 1.165) is 30.4 Å². The number of amides is 2. The number of benzene rings is 2. The fourth-order valence-corrected chi connectivity index (χ4v) is 5.42. The quantitative estimate of drug-likeness (QED) is 0.195. The molecule has 1 unspecified atom stereocenters. The van der Waals surface area contributed by atoms with Crippen LogP contribution in [0.2, 0.25) is 10.2 Å². The second-order valence-corrected chi connectivity index (χ2v) is 11.2. The lowest BCUT2D eigenvalue weighted by Crippen LogP contribution is -2.39. The van der Waals surface area contributed by atoms with Crippen LogP contribution >= 0.6 is 23.2 Å². The van der Waals surface area contributed by atoms with Gasteiger partial charge in [0.05, 0.1) is 37.4 Å². The molecule has 1 saturated heterocycles. The molecule has 1 N–H and O–H groups in total. The van der Waals surface area contributed by atoms with E-state index in [2.05, 4.69) is 31.0 Å². The number of carbonyl (C=O) groups is 3. The summed E-state index contributed by atoms with van der Waals surface area (Å²) in [6, 6.07) is 13.3. The molecular weight excluding hydrogens is 619 g/mol. The van der Waals surface area contributed by atoms with Crippen LogP contribution in [0.15, 0.2) is 60.9 Å². The van der Waals surface area contributed by atoms with Crippen LogP contribution in [0.4, 0.5) is 0 Å². The molecule has 1 fully saturated rings. The van der Waals surface area contributed by atoms with E-state index in [4.69, 9.17) is 27.9 Å². The summed E-state index contributed by atoms with van der Waals surface area (Å²) in [5.74, 6) is -0.902. The molecule has 1 atom stereocenters. The lowest BCUT2D eigenvalue weighted by atomic mass is 10.0. The summed E-state index contributed by atoms with van der Waals surface area (Å²) in [5.41, 5.74) is 3.66. The number of esters is 1. The van der Waals surface area contributed by atoms with Crippen LogP contribution in [0.1, 0.15) is 48.4 Å². The Labute approximate surface area is 269 Å². The largest absolute Gasteiger partial charge is 0.469 e. The van der Waals surface area contributed by atoms with Crippen molar-refractivity contribution in [2.75, 3.05) is 20.2 Å². The number of halogens is 2. The first-order valence-electron chi connectivity index (χ1n) is 14.3. The zero-order chi connectivity index (χ0) is 31.8. The lowest BCUT2D eigenvalue weighted by Gasteiger charge is -2.29. The molecule has 232 valence electrons. The Kier molecular flexibility index (Phi) is 10.5. The highest BCUT2D eigenvalue weighted by molar-refractivity contribution is 6.31. The first-order valence-corrected chi connectivity index (χ1v) is 15.0. The third-order valence-corrected chi connectivity index (χ3v) is 7.91. The van der Waals surface area contributed by atoms with Crippen molar-refractivity contribution in [3.63, 3.8) is 0 Å². The molecule has 2 aromatic heterocycles. The van der Waals surface area contributed by atoms with E-state index >= 15 is 0 Å². The number of carbonyl (C=O) groups excluding carboxylic acids is 3. The molecule has 2 aromatic carbocycles. The van der Waals surface area contributed by atoms with Gasteiger partial charge < -0.3 is 15.0 Å². The highest BCUT2D eigenvalue weighted by Crippen LogP contribution is 2.29. The van der Waals surface area contributed by atoms with Crippen LogP contribution in [-0.2, 0) is 25.5 Å². The van der Waals surface area contributed by atoms with Gasteiger partial charge in [-0.3, -0.25) is 14.4 Å². The lowest BCUT2D eigenvalue weighted by molar-refractivity contribution is -0.139. The van der Waals surface area contributed by atoms with E-state index in [1.54, 1.807) is 42.5 Å². The Hall–Kier alpha value is -4.68. The third-order valence-electron chi connectivity index (χ3n) is 7.38. The molecule has 1 aliphatic heterocycles. The van der Waals surface area contributed by atoms with Gasteiger partial charge in [-0.25, -0.2) is 0 Å². The Bertz CT molecular complexity index is 1690. The smallest absolute Gasteiger partial charge is 0.309 e. The number of hydrogen-bond acceptors (Lipinski definition) is 9. The number of hydrogen-bond donors (Lipinski definition) is 1. The van der Waals surface area contributed by atoms with Crippen molar-refractivity contribution in [2.45, 2.75) is 38.1 Å². The molecule has 1 aliphatic rings. The highest BCUT2D eigenvalue weighted by atomic mass is 35.5. The number of rotatable bonds is 10. The fraction of sp³-hybridized carbons (Fsp3) is 0.290. The second-order valence-electron chi connectivity index (χ2n) is 10.4. The zero-order valence-electron chi connectivity index (χ0n) is 24.4. The molecule has 0 radical (unpaired) electrons. The van der Waals surface area contributed by atoms with E-state index < -0.39 is 11.9 Å². The average Bonchev–Trinajstić information content (AvgIpc) is 3.59. The van der Waals surface area contributed by atoms with E-state index in [1.165, 1.54) is 24.2 Å². The number of nitrogens with one attached hydrogen (secondary N) is 1.